The van der Waals surface area contributed by atoms with Crippen LogP contribution in [0.4, 0.5) is 5.69 Å². The molecule has 2 aromatic carbocycles. The number of sulfonamides is 1. The average Bonchev–Trinajstić information content (AvgIpc) is 3.27. The number of hydrogen-bond acceptors (Lipinski definition) is 5. The molecule has 1 amide bonds. The van der Waals surface area contributed by atoms with Gasteiger partial charge in [-0.1, -0.05) is 12.1 Å². The molecule has 0 saturated heterocycles. The Balaban J connectivity index is 1.87. The molecule has 30 heavy (non-hydrogen) atoms. The van der Waals surface area contributed by atoms with E-state index in [0.717, 1.165) is 4.88 Å². The van der Waals surface area contributed by atoms with Crippen LogP contribution >= 0.6 is 11.3 Å². The highest BCUT2D eigenvalue weighted by atomic mass is 32.2. The number of nitrogens with zero attached hydrogens (tertiary/aromatic N) is 1. The predicted molar refractivity (Wildman–Crippen MR) is 120 cm³/mol. The molecule has 0 saturated carbocycles. The van der Waals surface area contributed by atoms with Crippen molar-refractivity contribution >= 4 is 33.0 Å². The first-order chi connectivity index (χ1) is 14.2. The van der Waals surface area contributed by atoms with Crippen molar-refractivity contribution in [2.75, 3.05) is 18.9 Å². The molecule has 3 rings (SSSR count). The van der Waals surface area contributed by atoms with Crippen LogP contribution in [0.1, 0.15) is 33.8 Å². The van der Waals surface area contributed by atoms with E-state index in [1.54, 1.807) is 67.6 Å². The Labute approximate surface area is 181 Å². The highest BCUT2D eigenvalue weighted by Crippen LogP contribution is 2.27. The van der Waals surface area contributed by atoms with Gasteiger partial charge in [-0.05, 0) is 67.3 Å². The van der Waals surface area contributed by atoms with Gasteiger partial charge in [0.25, 0.3) is 15.9 Å². The molecule has 1 N–H and O–H groups in total. The number of methoxy groups -OCH3 is 1. The molecular formula is C22H24N2O4S2. The minimum atomic E-state index is -3.85. The topological polar surface area (TPSA) is 75.7 Å². The number of rotatable bonds is 7. The number of thiophene rings is 1. The Morgan fingerprint density at radius 2 is 1.83 bits per heavy atom. The number of benzene rings is 2. The monoisotopic (exact) mass is 444 g/mol. The molecule has 0 spiro atoms. The zero-order valence-corrected chi connectivity index (χ0v) is 18.9. The van der Waals surface area contributed by atoms with Crippen molar-refractivity contribution in [1.82, 2.24) is 4.90 Å². The van der Waals surface area contributed by atoms with Gasteiger partial charge in [-0.25, -0.2) is 8.42 Å². The van der Waals surface area contributed by atoms with Crippen LogP contribution in [0.25, 0.3) is 0 Å². The number of carbonyl (C=O) groups excluding carboxylic acids is 1. The van der Waals surface area contributed by atoms with Gasteiger partial charge in [0, 0.05) is 23.2 Å². The summed E-state index contributed by atoms with van der Waals surface area (Å²) in [6, 6.07) is 15.0. The zero-order chi connectivity index (χ0) is 21.9. The van der Waals surface area contributed by atoms with Gasteiger partial charge in [0.05, 0.1) is 18.0 Å². The van der Waals surface area contributed by atoms with Crippen LogP contribution in [-0.2, 0) is 10.0 Å². The number of ether oxygens (including phenoxy) is 1. The van der Waals surface area contributed by atoms with Crippen LogP contribution in [0.2, 0.25) is 0 Å². The maximum absolute atomic E-state index is 13.1. The first-order valence-electron chi connectivity index (χ1n) is 9.31. The Morgan fingerprint density at radius 3 is 2.43 bits per heavy atom. The molecule has 158 valence electrons. The minimum absolute atomic E-state index is 0.0319. The van der Waals surface area contributed by atoms with Crippen molar-refractivity contribution in [3.05, 3.63) is 76.0 Å². The van der Waals surface area contributed by atoms with Crippen LogP contribution < -0.4 is 9.46 Å². The highest BCUT2D eigenvalue weighted by molar-refractivity contribution is 7.92. The molecule has 0 radical (unpaired) electrons. The van der Waals surface area contributed by atoms with E-state index >= 15 is 0 Å². The van der Waals surface area contributed by atoms with E-state index in [0.29, 0.717) is 22.6 Å². The second-order valence-electron chi connectivity index (χ2n) is 6.92. The third-order valence-corrected chi connectivity index (χ3v) is 7.37. The van der Waals surface area contributed by atoms with E-state index in [9.17, 15) is 13.2 Å². The number of anilines is 1. The molecule has 1 unspecified atom stereocenters. The van der Waals surface area contributed by atoms with E-state index in [1.807, 2.05) is 24.4 Å². The third-order valence-electron chi connectivity index (χ3n) is 4.95. The maximum Gasteiger partial charge on any atom is 0.261 e. The van der Waals surface area contributed by atoms with Gasteiger partial charge in [0.2, 0.25) is 0 Å². The first kappa shape index (κ1) is 21.9. The molecule has 0 bridgehead atoms. The smallest absolute Gasteiger partial charge is 0.261 e. The van der Waals surface area contributed by atoms with E-state index in [4.69, 9.17) is 4.74 Å². The van der Waals surface area contributed by atoms with Crippen molar-refractivity contribution in [1.29, 1.82) is 0 Å². The summed E-state index contributed by atoms with van der Waals surface area (Å²) in [6.45, 7) is 3.75. The fraction of sp³-hybridized carbons (Fsp3) is 0.227. The fourth-order valence-corrected chi connectivity index (χ4v) is 4.87. The Hall–Kier alpha value is -2.84. The lowest BCUT2D eigenvalue weighted by molar-refractivity contribution is 0.0744. The summed E-state index contributed by atoms with van der Waals surface area (Å²) < 4.78 is 33.4. The summed E-state index contributed by atoms with van der Waals surface area (Å²) in [5.74, 6) is 0.402. The SMILES string of the molecule is COc1ccc(NS(=O)(=O)c2ccc(C)c(C(=O)N(C)C(C)c3cccs3)c2)cc1. The van der Waals surface area contributed by atoms with Crippen LogP contribution in [0.5, 0.6) is 5.75 Å². The molecule has 0 aliphatic carbocycles. The Morgan fingerprint density at radius 1 is 1.13 bits per heavy atom. The first-order valence-corrected chi connectivity index (χ1v) is 11.7. The molecule has 8 heteroatoms. The minimum Gasteiger partial charge on any atom is -0.497 e. The second-order valence-corrected chi connectivity index (χ2v) is 9.58. The quantitative estimate of drug-likeness (QED) is 0.573. The van der Waals surface area contributed by atoms with E-state index in [-0.39, 0.29) is 16.8 Å². The van der Waals surface area contributed by atoms with Crippen molar-refractivity contribution in [3.63, 3.8) is 0 Å². The summed E-state index contributed by atoms with van der Waals surface area (Å²) in [7, 11) is -0.587. The normalized spacial score (nSPS) is 12.3. The van der Waals surface area contributed by atoms with E-state index in [2.05, 4.69) is 4.72 Å². The second kappa shape index (κ2) is 8.89. The fourth-order valence-electron chi connectivity index (χ4n) is 2.96. The van der Waals surface area contributed by atoms with E-state index in [1.165, 1.54) is 12.1 Å². The molecule has 3 aromatic rings. The summed E-state index contributed by atoms with van der Waals surface area (Å²) in [5.41, 5.74) is 1.49. The average molecular weight is 445 g/mol. The number of carbonyl (C=O) groups is 1. The summed E-state index contributed by atoms with van der Waals surface area (Å²) in [6.07, 6.45) is 0. The van der Waals surface area contributed by atoms with Gasteiger partial charge in [0.15, 0.2) is 0 Å². The highest BCUT2D eigenvalue weighted by Gasteiger charge is 2.23. The molecule has 1 heterocycles. The summed E-state index contributed by atoms with van der Waals surface area (Å²) in [5, 5.41) is 1.97. The van der Waals surface area contributed by atoms with Crippen molar-refractivity contribution in [2.24, 2.45) is 0 Å². The van der Waals surface area contributed by atoms with Crippen LogP contribution in [0, 0.1) is 6.92 Å². The number of aryl methyl sites for hydroxylation is 1. The van der Waals surface area contributed by atoms with Crippen molar-refractivity contribution < 1.29 is 17.9 Å². The van der Waals surface area contributed by atoms with Crippen LogP contribution in [-0.4, -0.2) is 33.4 Å². The molecule has 1 aromatic heterocycles. The van der Waals surface area contributed by atoms with Gasteiger partial charge in [-0.3, -0.25) is 9.52 Å². The molecule has 0 aliphatic rings. The van der Waals surface area contributed by atoms with Crippen LogP contribution in [0.3, 0.4) is 0 Å². The van der Waals surface area contributed by atoms with Crippen molar-refractivity contribution in [3.8, 4) is 5.75 Å². The third kappa shape index (κ3) is 4.66. The number of hydrogen-bond donors (Lipinski definition) is 1. The van der Waals surface area contributed by atoms with E-state index < -0.39 is 10.0 Å². The van der Waals surface area contributed by atoms with Gasteiger partial charge in [-0.2, -0.15) is 0 Å². The summed E-state index contributed by atoms with van der Waals surface area (Å²) >= 11 is 1.58. The van der Waals surface area contributed by atoms with Crippen molar-refractivity contribution in [2.45, 2.75) is 24.8 Å². The molecular weight excluding hydrogens is 420 g/mol. The lowest BCUT2D eigenvalue weighted by atomic mass is 10.1. The lowest BCUT2D eigenvalue weighted by Gasteiger charge is -2.25. The van der Waals surface area contributed by atoms with Gasteiger partial charge in [0.1, 0.15) is 5.75 Å². The Kier molecular flexibility index (Phi) is 6.48. The summed E-state index contributed by atoms with van der Waals surface area (Å²) in [4.78, 5) is 15.8. The maximum atomic E-state index is 13.1. The molecule has 0 fully saturated rings. The molecule has 0 aliphatic heterocycles. The van der Waals surface area contributed by atoms with Gasteiger partial charge in [-0.15, -0.1) is 11.3 Å². The Bertz CT molecular complexity index is 1120. The number of amides is 1. The predicted octanol–water partition coefficient (Wildman–Crippen LogP) is 4.70. The molecule has 1 atom stereocenters. The zero-order valence-electron chi connectivity index (χ0n) is 17.2. The standard InChI is InChI=1S/C22H24N2O4S2/c1-15-7-12-19(30(26,27)23-17-8-10-18(28-4)11-9-17)14-20(15)22(25)24(3)16(2)21-6-5-13-29-21/h5-14,16,23H,1-4H3. The number of nitrogens with one attached hydrogen (secondary N) is 1. The molecule has 6 nitrogen and oxygen atoms in total. The van der Waals surface area contributed by atoms with Gasteiger partial charge >= 0.3 is 0 Å². The van der Waals surface area contributed by atoms with Gasteiger partial charge < -0.3 is 9.64 Å². The lowest BCUT2D eigenvalue weighted by Crippen LogP contribution is -2.30. The van der Waals surface area contributed by atoms with Crippen LogP contribution in [0.15, 0.2) is 64.9 Å². The largest absolute Gasteiger partial charge is 0.497 e.